The summed E-state index contributed by atoms with van der Waals surface area (Å²) in [6.45, 7) is 12.0. The fraction of sp³-hybridized carbons (Fsp3) is 0. The molecule has 42 heavy (non-hydrogen) atoms. The van der Waals surface area contributed by atoms with Crippen molar-refractivity contribution in [1.29, 1.82) is 0 Å². The molecule has 0 nitrogen and oxygen atoms in total. The maximum Gasteiger partial charge on any atom is -0.00259 e. The maximum atomic E-state index is 4.13. The third-order valence-electron chi connectivity index (χ3n) is 7.75. The Morgan fingerprint density at radius 1 is 0.405 bits per heavy atom. The number of allylic oxidation sites excluding steroid dienone is 4. The van der Waals surface area contributed by atoms with Gasteiger partial charge in [-0.05, 0) is 95.9 Å². The molecular formula is C42H32. The fourth-order valence-corrected chi connectivity index (χ4v) is 5.82. The summed E-state index contributed by atoms with van der Waals surface area (Å²) in [5.74, 6) is 0. The SMILES string of the molecule is C=C/C=C\C=C\c1cccc(-c2c3ccccc3c(-c3cccc(-c4ccccc4)c3)c3cc(C=C)c(C=C)cc23)c1. The first-order valence-electron chi connectivity index (χ1n) is 14.2. The normalized spacial score (nSPS) is 11.4. The molecule has 6 aromatic rings. The van der Waals surface area contributed by atoms with Gasteiger partial charge in [0.2, 0.25) is 0 Å². The molecule has 0 radical (unpaired) electrons. The largest absolute Gasteiger partial charge is 0.0991 e. The smallest absolute Gasteiger partial charge is 0.00259 e. The van der Waals surface area contributed by atoms with Crippen molar-refractivity contribution in [2.75, 3.05) is 0 Å². The zero-order valence-electron chi connectivity index (χ0n) is 23.6. The third-order valence-corrected chi connectivity index (χ3v) is 7.75. The van der Waals surface area contributed by atoms with Gasteiger partial charge in [-0.1, -0.05) is 153 Å². The van der Waals surface area contributed by atoms with Crippen LogP contribution in [-0.4, -0.2) is 0 Å². The molecule has 0 aromatic heterocycles. The van der Waals surface area contributed by atoms with Crippen LogP contribution in [0, 0.1) is 0 Å². The van der Waals surface area contributed by atoms with E-state index in [4.69, 9.17) is 0 Å². The summed E-state index contributed by atoms with van der Waals surface area (Å²) in [6, 6.07) is 41.6. The molecule has 6 aromatic carbocycles. The minimum atomic E-state index is 1.07. The van der Waals surface area contributed by atoms with Crippen molar-refractivity contribution in [3.63, 3.8) is 0 Å². The Kier molecular flexibility index (Phi) is 7.62. The van der Waals surface area contributed by atoms with Crippen molar-refractivity contribution in [3.8, 4) is 33.4 Å². The molecule has 200 valence electrons. The summed E-state index contributed by atoms with van der Waals surface area (Å²) in [6.07, 6.45) is 13.7. The Balaban J connectivity index is 1.69. The molecule has 0 bridgehead atoms. The molecular weight excluding hydrogens is 504 g/mol. The molecule has 0 saturated heterocycles. The van der Waals surface area contributed by atoms with Gasteiger partial charge in [0.15, 0.2) is 0 Å². The molecule has 0 aliphatic heterocycles. The molecule has 0 fully saturated rings. The van der Waals surface area contributed by atoms with Gasteiger partial charge < -0.3 is 0 Å². The van der Waals surface area contributed by atoms with Crippen molar-refractivity contribution in [1.82, 2.24) is 0 Å². The van der Waals surface area contributed by atoms with E-state index in [0.29, 0.717) is 0 Å². The van der Waals surface area contributed by atoms with Crippen molar-refractivity contribution < 1.29 is 0 Å². The van der Waals surface area contributed by atoms with Crippen LogP contribution < -0.4 is 0 Å². The Morgan fingerprint density at radius 3 is 1.57 bits per heavy atom. The van der Waals surface area contributed by atoms with E-state index in [0.717, 1.165) is 16.7 Å². The monoisotopic (exact) mass is 536 g/mol. The first-order chi connectivity index (χ1) is 20.7. The Morgan fingerprint density at radius 2 is 0.952 bits per heavy atom. The molecule has 0 heteroatoms. The molecule has 0 aliphatic carbocycles. The highest BCUT2D eigenvalue weighted by Crippen LogP contribution is 2.45. The van der Waals surface area contributed by atoms with Crippen LogP contribution in [0.1, 0.15) is 16.7 Å². The van der Waals surface area contributed by atoms with Crippen LogP contribution in [0.5, 0.6) is 0 Å². The molecule has 6 rings (SSSR count). The van der Waals surface area contributed by atoms with Gasteiger partial charge in [-0.3, -0.25) is 0 Å². The lowest BCUT2D eigenvalue weighted by Gasteiger charge is -2.20. The van der Waals surface area contributed by atoms with Crippen LogP contribution in [0.15, 0.2) is 159 Å². The van der Waals surface area contributed by atoms with E-state index in [-0.39, 0.29) is 0 Å². The number of benzene rings is 6. The third kappa shape index (κ3) is 5.07. The number of rotatable bonds is 8. The first-order valence-corrected chi connectivity index (χ1v) is 14.2. The lowest BCUT2D eigenvalue weighted by molar-refractivity contribution is 1.60. The minimum absolute atomic E-state index is 1.07. The van der Waals surface area contributed by atoms with E-state index >= 15 is 0 Å². The van der Waals surface area contributed by atoms with E-state index < -0.39 is 0 Å². The molecule has 0 atom stereocenters. The van der Waals surface area contributed by atoms with Crippen molar-refractivity contribution >= 4 is 39.8 Å². The van der Waals surface area contributed by atoms with Crippen LogP contribution in [0.4, 0.5) is 0 Å². The van der Waals surface area contributed by atoms with Crippen molar-refractivity contribution in [2.24, 2.45) is 0 Å². The minimum Gasteiger partial charge on any atom is -0.0991 e. The van der Waals surface area contributed by atoms with Crippen LogP contribution >= 0.6 is 0 Å². The zero-order chi connectivity index (χ0) is 28.9. The van der Waals surface area contributed by atoms with Crippen LogP contribution in [0.2, 0.25) is 0 Å². The van der Waals surface area contributed by atoms with Gasteiger partial charge >= 0.3 is 0 Å². The lowest BCUT2D eigenvalue weighted by atomic mass is 9.83. The Hall–Kier alpha value is -5.46. The molecule has 0 amide bonds. The summed E-state index contributed by atoms with van der Waals surface area (Å²) < 4.78 is 0. The van der Waals surface area contributed by atoms with Gasteiger partial charge in [0.25, 0.3) is 0 Å². The van der Waals surface area contributed by atoms with Gasteiger partial charge in [0.1, 0.15) is 0 Å². The second kappa shape index (κ2) is 12.0. The van der Waals surface area contributed by atoms with Crippen LogP contribution in [-0.2, 0) is 0 Å². The molecule has 0 unspecified atom stereocenters. The standard InChI is InChI=1S/C42H32/c1-4-7-8-10-17-30-18-15-22-35(26-30)41-37-24-13-14-25-38(37)42(40-29-32(6-3)31(5-2)28-39(40)41)36-23-16-21-34(27-36)33-19-11-9-12-20-33/h4-29H,1-3H2/b8-7-,17-10+. The highest BCUT2D eigenvalue weighted by molar-refractivity contribution is 6.22. The number of hydrogen-bond donors (Lipinski definition) is 0. The molecule has 0 saturated carbocycles. The van der Waals surface area contributed by atoms with Crippen LogP contribution in [0.25, 0.3) is 73.2 Å². The maximum absolute atomic E-state index is 4.13. The Bertz CT molecular complexity index is 2020. The average molecular weight is 537 g/mol. The van der Waals surface area contributed by atoms with Crippen molar-refractivity contribution in [2.45, 2.75) is 0 Å². The van der Waals surface area contributed by atoms with Gasteiger partial charge in [-0.25, -0.2) is 0 Å². The van der Waals surface area contributed by atoms with Crippen molar-refractivity contribution in [3.05, 3.63) is 176 Å². The summed E-state index contributed by atoms with van der Waals surface area (Å²) in [4.78, 5) is 0. The topological polar surface area (TPSA) is 0 Å². The second-order valence-electron chi connectivity index (χ2n) is 10.3. The second-order valence-corrected chi connectivity index (χ2v) is 10.3. The van der Waals surface area contributed by atoms with Crippen LogP contribution in [0.3, 0.4) is 0 Å². The fourth-order valence-electron chi connectivity index (χ4n) is 5.82. The first kappa shape index (κ1) is 26.7. The van der Waals surface area contributed by atoms with Gasteiger partial charge in [-0.2, -0.15) is 0 Å². The summed E-state index contributed by atoms with van der Waals surface area (Å²) in [5.41, 5.74) is 10.5. The highest BCUT2D eigenvalue weighted by atomic mass is 14.2. The van der Waals surface area contributed by atoms with E-state index in [1.165, 1.54) is 54.9 Å². The van der Waals surface area contributed by atoms with Gasteiger partial charge in [0, 0.05) is 0 Å². The van der Waals surface area contributed by atoms with Gasteiger partial charge in [-0.15, -0.1) is 0 Å². The van der Waals surface area contributed by atoms with E-state index in [9.17, 15) is 0 Å². The molecule has 0 aliphatic rings. The van der Waals surface area contributed by atoms with E-state index in [2.05, 4.69) is 141 Å². The quantitative estimate of drug-likeness (QED) is 0.134. The zero-order valence-corrected chi connectivity index (χ0v) is 23.6. The average Bonchev–Trinajstić information content (AvgIpc) is 3.05. The van der Waals surface area contributed by atoms with Gasteiger partial charge in [0.05, 0.1) is 0 Å². The van der Waals surface area contributed by atoms with E-state index in [1.54, 1.807) is 6.08 Å². The molecule has 0 heterocycles. The predicted octanol–water partition coefficient (Wildman–Crippen LogP) is 12.0. The van der Waals surface area contributed by atoms with E-state index in [1.807, 2.05) is 30.4 Å². The number of hydrogen-bond acceptors (Lipinski definition) is 0. The lowest BCUT2D eigenvalue weighted by Crippen LogP contribution is -1.93. The summed E-state index contributed by atoms with van der Waals surface area (Å²) >= 11 is 0. The highest BCUT2D eigenvalue weighted by Gasteiger charge is 2.18. The molecule has 0 N–H and O–H groups in total. The number of fused-ring (bicyclic) bond motifs is 2. The summed E-state index contributed by atoms with van der Waals surface area (Å²) in [7, 11) is 0. The summed E-state index contributed by atoms with van der Waals surface area (Å²) in [5, 5.41) is 4.84. The Labute approximate surface area is 248 Å². The molecule has 0 spiro atoms. The predicted molar refractivity (Wildman–Crippen MR) is 186 cm³/mol.